The van der Waals surface area contributed by atoms with Crippen molar-refractivity contribution in [3.63, 3.8) is 0 Å². The summed E-state index contributed by atoms with van der Waals surface area (Å²) in [6, 6.07) is 24.9. The summed E-state index contributed by atoms with van der Waals surface area (Å²) in [7, 11) is 5.14. The van der Waals surface area contributed by atoms with Crippen LogP contribution in [0, 0.1) is 0 Å². The van der Waals surface area contributed by atoms with E-state index in [-0.39, 0.29) is 0 Å². The van der Waals surface area contributed by atoms with Gasteiger partial charge in [-0.05, 0) is 119 Å². The van der Waals surface area contributed by atoms with E-state index in [1.54, 1.807) is 21.3 Å². The lowest BCUT2D eigenvalue weighted by Crippen LogP contribution is -2.01. The number of aromatic nitrogens is 1. The fraction of sp³-hybridized carbons (Fsp3) is 0.206. The van der Waals surface area contributed by atoms with Gasteiger partial charge in [-0.25, -0.2) is 4.98 Å². The summed E-state index contributed by atoms with van der Waals surface area (Å²) < 4.78 is 16.5. The van der Waals surface area contributed by atoms with Crippen LogP contribution in [0.1, 0.15) is 46.5 Å². The van der Waals surface area contributed by atoms with Crippen molar-refractivity contribution in [1.82, 2.24) is 4.98 Å². The number of rotatable bonds is 6. The molecule has 2 aliphatic carbocycles. The summed E-state index contributed by atoms with van der Waals surface area (Å²) in [5, 5.41) is 0. The van der Waals surface area contributed by atoms with E-state index >= 15 is 0 Å². The lowest BCUT2D eigenvalue weighted by Gasteiger charge is -2.16. The number of allylic oxidation sites excluding steroid dienone is 2. The van der Waals surface area contributed by atoms with Crippen LogP contribution in [0.5, 0.6) is 17.2 Å². The van der Waals surface area contributed by atoms with Gasteiger partial charge in [-0.15, -0.1) is 0 Å². The third-order valence-electron chi connectivity index (χ3n) is 7.52. The predicted octanol–water partition coefficient (Wildman–Crippen LogP) is 7.75. The average molecular weight is 502 g/mol. The molecule has 0 amide bonds. The summed E-state index contributed by atoms with van der Waals surface area (Å²) in [4.78, 5) is 5.37. The van der Waals surface area contributed by atoms with E-state index < -0.39 is 0 Å². The van der Waals surface area contributed by atoms with Crippen LogP contribution in [0.2, 0.25) is 0 Å². The Kier molecular flexibility index (Phi) is 6.47. The molecule has 2 aliphatic rings. The summed E-state index contributed by atoms with van der Waals surface area (Å²) in [6.07, 6.45) is 8.43. The van der Waals surface area contributed by atoms with Crippen molar-refractivity contribution in [2.24, 2.45) is 0 Å². The molecule has 0 saturated carbocycles. The molecule has 4 heteroatoms. The number of methoxy groups -OCH3 is 3. The van der Waals surface area contributed by atoms with Crippen molar-refractivity contribution in [3.05, 3.63) is 106 Å². The van der Waals surface area contributed by atoms with Crippen molar-refractivity contribution in [2.75, 3.05) is 21.3 Å². The molecule has 0 unspecified atom stereocenters. The maximum Gasteiger partial charge on any atom is 0.119 e. The maximum atomic E-state index is 5.60. The number of nitrogens with zero attached hydrogens (tertiary/aromatic N) is 1. The highest BCUT2D eigenvalue weighted by Gasteiger charge is 2.30. The molecule has 0 atom stereocenters. The Bertz CT molecular complexity index is 1490. The van der Waals surface area contributed by atoms with E-state index in [4.69, 9.17) is 19.2 Å². The second kappa shape index (κ2) is 10.2. The van der Waals surface area contributed by atoms with E-state index in [9.17, 15) is 0 Å². The molecule has 4 aromatic rings. The minimum absolute atomic E-state index is 0.861. The molecule has 1 heterocycles. The predicted molar refractivity (Wildman–Crippen MR) is 155 cm³/mol. The molecule has 1 aromatic heterocycles. The standard InChI is InChI=1S/C34H31NO3/c1-36-27-10-4-7-22(19-27)17-25-13-15-30-32(24-9-6-12-29(21-24)38-3)31-16-14-26(34(31)35-33(25)30)18-23-8-5-11-28(20-23)37-2/h4-12,17-21H,13-16H2,1-3H3/b25-17-,26-18+. The quantitative estimate of drug-likeness (QED) is 0.271. The SMILES string of the molecule is COc1cccc(/C=C2/CCc3c2nc2c(c3-c3cccc(OC)c3)CC/C2=C\c2cccc(OC)c2)c1. The largest absolute Gasteiger partial charge is 0.497 e. The van der Waals surface area contributed by atoms with Crippen LogP contribution in [0.3, 0.4) is 0 Å². The first-order chi connectivity index (χ1) is 18.7. The van der Waals surface area contributed by atoms with Gasteiger partial charge in [-0.1, -0.05) is 36.4 Å². The highest BCUT2D eigenvalue weighted by atomic mass is 16.5. The Morgan fingerprint density at radius 1 is 0.579 bits per heavy atom. The van der Waals surface area contributed by atoms with Crippen LogP contribution in [-0.4, -0.2) is 26.3 Å². The zero-order valence-electron chi connectivity index (χ0n) is 22.1. The van der Waals surface area contributed by atoms with Gasteiger partial charge in [-0.2, -0.15) is 0 Å². The summed E-state index contributed by atoms with van der Waals surface area (Å²) in [6.45, 7) is 0. The molecule has 0 fully saturated rings. The van der Waals surface area contributed by atoms with Gasteiger partial charge < -0.3 is 14.2 Å². The number of hydrogen-bond acceptors (Lipinski definition) is 4. The molecular weight excluding hydrogens is 470 g/mol. The number of fused-ring (bicyclic) bond motifs is 2. The normalized spacial score (nSPS) is 16.0. The molecule has 0 saturated heterocycles. The Morgan fingerprint density at radius 3 is 1.55 bits per heavy atom. The van der Waals surface area contributed by atoms with Crippen LogP contribution in [0.4, 0.5) is 0 Å². The highest BCUT2D eigenvalue weighted by Crippen LogP contribution is 2.46. The van der Waals surface area contributed by atoms with Gasteiger partial charge in [0.2, 0.25) is 0 Å². The van der Waals surface area contributed by atoms with Crippen molar-refractivity contribution in [2.45, 2.75) is 25.7 Å². The highest BCUT2D eigenvalue weighted by molar-refractivity contribution is 5.93. The molecule has 0 aliphatic heterocycles. The third-order valence-corrected chi connectivity index (χ3v) is 7.52. The number of benzene rings is 3. The van der Waals surface area contributed by atoms with E-state index in [1.165, 1.54) is 33.4 Å². The molecule has 0 spiro atoms. The molecule has 190 valence electrons. The summed E-state index contributed by atoms with van der Waals surface area (Å²) >= 11 is 0. The molecule has 4 nitrogen and oxygen atoms in total. The first kappa shape index (κ1) is 24.1. The third kappa shape index (κ3) is 4.47. The van der Waals surface area contributed by atoms with Crippen molar-refractivity contribution in [3.8, 4) is 28.4 Å². The topological polar surface area (TPSA) is 40.6 Å². The Hall–Kier alpha value is -4.31. The van der Waals surface area contributed by atoms with Crippen LogP contribution < -0.4 is 14.2 Å². The molecular formula is C34H31NO3. The number of hydrogen-bond donors (Lipinski definition) is 0. The van der Waals surface area contributed by atoms with E-state index in [0.717, 1.165) is 65.4 Å². The van der Waals surface area contributed by atoms with Gasteiger partial charge in [0.15, 0.2) is 0 Å². The fourth-order valence-electron chi connectivity index (χ4n) is 5.71. The zero-order valence-corrected chi connectivity index (χ0v) is 22.1. The van der Waals surface area contributed by atoms with Gasteiger partial charge in [-0.3, -0.25) is 0 Å². The first-order valence-corrected chi connectivity index (χ1v) is 13.1. The summed E-state index contributed by atoms with van der Waals surface area (Å²) in [5.74, 6) is 2.59. The number of pyridine rings is 1. The van der Waals surface area contributed by atoms with Crippen LogP contribution in [0.25, 0.3) is 34.4 Å². The second-order valence-corrected chi connectivity index (χ2v) is 9.77. The van der Waals surface area contributed by atoms with Gasteiger partial charge >= 0.3 is 0 Å². The van der Waals surface area contributed by atoms with Crippen LogP contribution >= 0.6 is 0 Å². The fourth-order valence-corrected chi connectivity index (χ4v) is 5.71. The van der Waals surface area contributed by atoms with Crippen molar-refractivity contribution in [1.29, 1.82) is 0 Å². The van der Waals surface area contributed by atoms with Gasteiger partial charge in [0.05, 0.1) is 32.7 Å². The van der Waals surface area contributed by atoms with Gasteiger partial charge in [0, 0.05) is 0 Å². The Morgan fingerprint density at radius 2 is 1.05 bits per heavy atom. The van der Waals surface area contributed by atoms with Crippen molar-refractivity contribution >= 4 is 23.3 Å². The van der Waals surface area contributed by atoms with Crippen molar-refractivity contribution < 1.29 is 14.2 Å². The number of ether oxygens (including phenoxy) is 3. The van der Waals surface area contributed by atoms with Crippen LogP contribution in [-0.2, 0) is 12.8 Å². The van der Waals surface area contributed by atoms with Crippen LogP contribution in [0.15, 0.2) is 72.8 Å². The molecule has 38 heavy (non-hydrogen) atoms. The maximum absolute atomic E-state index is 5.60. The second-order valence-electron chi connectivity index (χ2n) is 9.77. The molecule has 3 aromatic carbocycles. The van der Waals surface area contributed by atoms with Gasteiger partial charge in [0.1, 0.15) is 17.2 Å². The Balaban J connectivity index is 1.53. The molecule has 0 bridgehead atoms. The van der Waals surface area contributed by atoms with E-state index in [1.807, 2.05) is 30.3 Å². The minimum atomic E-state index is 0.861. The molecule has 0 radical (unpaired) electrons. The smallest absolute Gasteiger partial charge is 0.119 e. The zero-order chi connectivity index (χ0) is 26.1. The first-order valence-electron chi connectivity index (χ1n) is 13.1. The van der Waals surface area contributed by atoms with E-state index in [2.05, 4.69) is 54.6 Å². The lowest BCUT2D eigenvalue weighted by atomic mass is 9.92. The van der Waals surface area contributed by atoms with Gasteiger partial charge in [0.25, 0.3) is 0 Å². The average Bonchev–Trinajstić information content (AvgIpc) is 3.55. The summed E-state index contributed by atoms with van der Waals surface area (Å²) in [5.41, 5.74) is 12.2. The monoisotopic (exact) mass is 501 g/mol. The molecule has 6 rings (SSSR count). The minimum Gasteiger partial charge on any atom is -0.497 e. The van der Waals surface area contributed by atoms with E-state index in [0.29, 0.717) is 0 Å². The lowest BCUT2D eigenvalue weighted by molar-refractivity contribution is 0.414. The molecule has 0 N–H and O–H groups in total. The Labute approximate surface area is 224 Å².